The Labute approximate surface area is 190 Å². The van der Waals surface area contributed by atoms with Crippen molar-refractivity contribution in [2.75, 3.05) is 0 Å². The molecule has 0 bridgehead atoms. The van der Waals surface area contributed by atoms with Gasteiger partial charge in [-0.3, -0.25) is 10.1 Å². The molecule has 0 atom stereocenters. The van der Waals surface area contributed by atoms with Crippen LogP contribution in [0.2, 0.25) is 0 Å². The first kappa shape index (κ1) is 26.7. The summed E-state index contributed by atoms with van der Waals surface area (Å²) in [6.07, 6.45) is -12.5. The molecule has 13 heteroatoms. The number of nitrogens with zero attached hydrogens (tertiary/aromatic N) is 1. The molecular weight excluding hydrogens is 497 g/mol. The van der Waals surface area contributed by atoms with Crippen molar-refractivity contribution >= 4 is 40.2 Å². The van der Waals surface area contributed by atoms with Crippen LogP contribution < -0.4 is 15.9 Å². The molecule has 0 aliphatic carbocycles. The summed E-state index contributed by atoms with van der Waals surface area (Å²) in [6.45, 7) is 2.69. The van der Waals surface area contributed by atoms with Crippen molar-refractivity contribution in [3.8, 4) is 0 Å². The zero-order valence-corrected chi connectivity index (χ0v) is 18.8. The molecule has 33 heavy (non-hydrogen) atoms. The summed E-state index contributed by atoms with van der Waals surface area (Å²) in [5.74, 6) is -0.777. The standard InChI is InChI=1S/C20H18ClF6N2O3P/c1-13(2)16(21)29-32-18(19(22,23)24,20(25,26)27)28-17(30)33(31,14-9-5-3-6-10-14)15-11-7-4-8-12-15/h3-13H,1-2H3,(H,28,30)/b29-16+. The Morgan fingerprint density at radius 2 is 1.30 bits per heavy atom. The van der Waals surface area contributed by atoms with E-state index < -0.39 is 42.0 Å². The molecule has 0 spiro atoms. The van der Waals surface area contributed by atoms with Crippen LogP contribution in [-0.2, 0) is 9.40 Å². The number of carbonyl (C=O) groups excluding carboxylic acids is 1. The Bertz CT molecular complexity index is 986. The molecule has 0 heterocycles. The average molecular weight is 515 g/mol. The van der Waals surface area contributed by atoms with Gasteiger partial charge in [0.05, 0.1) is 0 Å². The number of oxime groups is 1. The van der Waals surface area contributed by atoms with Crippen LogP contribution in [0.25, 0.3) is 0 Å². The second-order valence-electron chi connectivity index (χ2n) is 7.05. The zero-order chi connectivity index (χ0) is 25.1. The van der Waals surface area contributed by atoms with Crippen LogP contribution in [0.5, 0.6) is 0 Å². The topological polar surface area (TPSA) is 67.8 Å². The Balaban J connectivity index is 2.70. The molecule has 180 valence electrons. The molecule has 2 rings (SSSR count). The maximum absolute atomic E-state index is 13.8. The van der Waals surface area contributed by atoms with Crippen LogP contribution in [0.1, 0.15) is 13.8 Å². The van der Waals surface area contributed by atoms with Gasteiger partial charge in [0.2, 0.25) is 7.14 Å². The van der Waals surface area contributed by atoms with E-state index >= 15 is 0 Å². The van der Waals surface area contributed by atoms with Gasteiger partial charge in [0, 0.05) is 16.5 Å². The number of alkyl halides is 6. The monoisotopic (exact) mass is 514 g/mol. The molecular formula is C20H18ClF6N2O3P. The SMILES string of the molecule is CC(C)/C(Cl)=N\OC(NC(=O)P(=O)(c1ccccc1)c1ccccc1)(C(F)(F)F)C(F)(F)F. The van der Waals surface area contributed by atoms with Crippen LogP contribution in [0.4, 0.5) is 31.1 Å². The van der Waals surface area contributed by atoms with Crippen LogP contribution >= 0.6 is 18.7 Å². The molecule has 5 nitrogen and oxygen atoms in total. The fourth-order valence-corrected chi connectivity index (χ4v) is 4.84. The van der Waals surface area contributed by atoms with E-state index in [2.05, 4.69) is 9.99 Å². The highest BCUT2D eigenvalue weighted by molar-refractivity contribution is 7.92. The van der Waals surface area contributed by atoms with Gasteiger partial charge in [-0.1, -0.05) is 91.3 Å². The molecule has 0 fully saturated rings. The minimum atomic E-state index is -6.25. The van der Waals surface area contributed by atoms with Crippen LogP contribution in [0, 0.1) is 5.92 Å². The molecule has 0 unspecified atom stereocenters. The van der Waals surface area contributed by atoms with Gasteiger partial charge in [0.25, 0.3) is 5.65 Å². The fourth-order valence-electron chi connectivity index (χ4n) is 2.53. The second-order valence-corrected chi connectivity index (χ2v) is 10.1. The van der Waals surface area contributed by atoms with Gasteiger partial charge in [-0.25, -0.2) is 0 Å². The average Bonchev–Trinajstić information content (AvgIpc) is 2.75. The van der Waals surface area contributed by atoms with Gasteiger partial charge in [-0.2, -0.15) is 26.3 Å². The van der Waals surface area contributed by atoms with E-state index in [1.807, 2.05) is 0 Å². The predicted molar refractivity (Wildman–Crippen MR) is 112 cm³/mol. The first-order valence-corrected chi connectivity index (χ1v) is 11.3. The molecule has 2 aromatic carbocycles. The molecule has 0 saturated carbocycles. The van der Waals surface area contributed by atoms with Gasteiger partial charge < -0.3 is 9.40 Å². The molecule has 1 N–H and O–H groups in total. The van der Waals surface area contributed by atoms with Crippen molar-refractivity contribution in [3.05, 3.63) is 60.7 Å². The van der Waals surface area contributed by atoms with E-state index in [0.717, 1.165) is 29.6 Å². The Kier molecular flexibility index (Phi) is 7.91. The van der Waals surface area contributed by atoms with E-state index in [9.17, 15) is 35.7 Å². The molecule has 0 aliphatic rings. The van der Waals surface area contributed by atoms with Gasteiger partial charge in [-0.05, 0) is 0 Å². The minimum absolute atomic E-state index is 0.282. The predicted octanol–water partition coefficient (Wildman–Crippen LogP) is 5.76. The molecule has 0 aliphatic heterocycles. The molecule has 0 aromatic heterocycles. The van der Waals surface area contributed by atoms with Crippen molar-refractivity contribution in [3.63, 3.8) is 0 Å². The van der Waals surface area contributed by atoms with Crippen molar-refractivity contribution in [1.82, 2.24) is 5.32 Å². The van der Waals surface area contributed by atoms with Crippen molar-refractivity contribution in [2.24, 2.45) is 11.1 Å². The molecule has 0 radical (unpaired) electrons. The highest BCUT2D eigenvalue weighted by Gasteiger charge is 2.77. The minimum Gasteiger partial charge on any atom is -0.346 e. The largest absolute Gasteiger partial charge is 0.461 e. The zero-order valence-electron chi connectivity index (χ0n) is 17.1. The lowest BCUT2D eigenvalue weighted by Crippen LogP contribution is -2.68. The quantitative estimate of drug-likeness (QED) is 0.168. The number of halogens is 7. The number of rotatable bonds is 7. The Hall–Kier alpha value is -2.52. The first-order valence-electron chi connectivity index (χ1n) is 9.26. The Morgan fingerprint density at radius 3 is 1.64 bits per heavy atom. The van der Waals surface area contributed by atoms with Gasteiger partial charge >= 0.3 is 18.1 Å². The van der Waals surface area contributed by atoms with Crippen molar-refractivity contribution in [1.29, 1.82) is 0 Å². The van der Waals surface area contributed by atoms with E-state index in [-0.39, 0.29) is 10.6 Å². The lowest BCUT2D eigenvalue weighted by Gasteiger charge is -2.36. The lowest BCUT2D eigenvalue weighted by atomic mass is 10.2. The first-order chi connectivity index (χ1) is 15.2. The number of hydrogen-bond acceptors (Lipinski definition) is 4. The van der Waals surface area contributed by atoms with Gasteiger partial charge in [0.1, 0.15) is 5.17 Å². The number of hydrogen-bond donors (Lipinski definition) is 1. The maximum atomic E-state index is 13.8. The molecule has 2 aromatic rings. The van der Waals surface area contributed by atoms with E-state index in [4.69, 9.17) is 11.6 Å². The highest BCUT2D eigenvalue weighted by atomic mass is 35.5. The third kappa shape index (κ3) is 5.35. The second kappa shape index (κ2) is 9.77. The number of amides is 1. The summed E-state index contributed by atoms with van der Waals surface area (Å²) in [5, 5.41) is 2.27. The van der Waals surface area contributed by atoms with Crippen LogP contribution in [0.15, 0.2) is 65.8 Å². The molecule has 0 saturated heterocycles. The number of carbonyl (C=O) groups is 1. The lowest BCUT2D eigenvalue weighted by molar-refractivity contribution is -0.388. The van der Waals surface area contributed by atoms with Crippen LogP contribution in [-0.4, -0.2) is 28.9 Å². The van der Waals surface area contributed by atoms with E-state index in [0.29, 0.717) is 0 Å². The summed E-state index contributed by atoms with van der Waals surface area (Å²) in [7, 11) is -4.73. The summed E-state index contributed by atoms with van der Waals surface area (Å²) in [4.78, 5) is 16.9. The summed E-state index contributed by atoms with van der Waals surface area (Å²) >= 11 is 5.56. The van der Waals surface area contributed by atoms with E-state index in [1.54, 1.807) is 0 Å². The third-order valence-electron chi connectivity index (χ3n) is 4.35. The Morgan fingerprint density at radius 1 is 0.909 bits per heavy atom. The summed E-state index contributed by atoms with van der Waals surface area (Å²) in [6, 6.07) is 12.9. The smallest absolute Gasteiger partial charge is 0.346 e. The molecule has 1 amide bonds. The normalized spacial score (nSPS) is 13.7. The van der Waals surface area contributed by atoms with Crippen molar-refractivity contribution in [2.45, 2.75) is 31.9 Å². The highest BCUT2D eigenvalue weighted by Crippen LogP contribution is 2.49. The van der Waals surface area contributed by atoms with E-state index in [1.165, 1.54) is 50.2 Å². The van der Waals surface area contributed by atoms with Gasteiger partial charge in [-0.15, -0.1) is 0 Å². The summed E-state index contributed by atoms with van der Waals surface area (Å²) in [5.41, 5.74) is -7.36. The third-order valence-corrected chi connectivity index (χ3v) is 7.59. The number of nitrogens with one attached hydrogen (secondary N) is 1. The maximum Gasteiger partial charge on any atom is 0.461 e. The fraction of sp³-hybridized carbons (Fsp3) is 0.300. The number of benzene rings is 2. The summed E-state index contributed by atoms with van der Waals surface area (Å²) < 4.78 is 96.7. The van der Waals surface area contributed by atoms with Crippen molar-refractivity contribution < 1.29 is 40.5 Å². The van der Waals surface area contributed by atoms with Gasteiger partial charge in [0.15, 0.2) is 0 Å². The van der Waals surface area contributed by atoms with Crippen LogP contribution in [0.3, 0.4) is 0 Å².